The summed E-state index contributed by atoms with van der Waals surface area (Å²) in [5.74, 6) is 0. The number of alkyl carbamates (subject to hydrolysis) is 1. The van der Waals surface area contributed by atoms with Crippen molar-refractivity contribution in [3.63, 3.8) is 0 Å². The van der Waals surface area contributed by atoms with Crippen molar-refractivity contribution in [2.45, 2.75) is 44.8 Å². The van der Waals surface area contributed by atoms with E-state index in [4.69, 9.17) is 9.47 Å². The third kappa shape index (κ3) is 9.13. The number of nitrogens with zero attached hydrogens (tertiary/aromatic N) is 1. The summed E-state index contributed by atoms with van der Waals surface area (Å²) in [6, 6.07) is 18.6. The zero-order valence-electron chi connectivity index (χ0n) is 17.0. The van der Waals surface area contributed by atoms with Crippen molar-refractivity contribution in [1.29, 1.82) is 0 Å². The van der Waals surface area contributed by atoms with E-state index in [1.165, 1.54) is 6.21 Å². The van der Waals surface area contributed by atoms with Gasteiger partial charge in [-0.25, -0.2) is 4.79 Å². The first-order valence-corrected chi connectivity index (χ1v) is 10.5. The highest BCUT2D eigenvalue weighted by molar-refractivity contribution is 7.91. The molecule has 0 aliphatic rings. The summed E-state index contributed by atoms with van der Waals surface area (Å²) in [7, 11) is 0. The van der Waals surface area contributed by atoms with Gasteiger partial charge in [0.15, 0.2) is 0 Å². The highest BCUT2D eigenvalue weighted by atomic mass is 32.2. The smallest absolute Gasteiger partial charge is 0.408 e. The molecule has 2 rings (SSSR count). The van der Waals surface area contributed by atoms with Gasteiger partial charge in [-0.05, 0) is 31.9 Å². The SMILES string of the molecule is CC(C)(C)[S+]([O-])N=C[C@@H](COCc1ccccc1)NC(=O)OCc1ccccc1. The molecule has 0 saturated heterocycles. The number of hydrogen-bond donors (Lipinski definition) is 1. The van der Waals surface area contributed by atoms with Crippen molar-refractivity contribution in [1.82, 2.24) is 5.32 Å². The lowest BCUT2D eigenvalue weighted by Crippen LogP contribution is -2.40. The van der Waals surface area contributed by atoms with Gasteiger partial charge in [0.1, 0.15) is 22.7 Å². The van der Waals surface area contributed by atoms with Gasteiger partial charge in [-0.1, -0.05) is 65.1 Å². The third-order valence-electron chi connectivity index (χ3n) is 3.79. The molecule has 2 atom stereocenters. The molecular weight excluding hydrogens is 388 g/mol. The van der Waals surface area contributed by atoms with Gasteiger partial charge in [-0.15, -0.1) is 0 Å². The van der Waals surface area contributed by atoms with Crippen LogP contribution >= 0.6 is 0 Å². The van der Waals surface area contributed by atoms with Crippen molar-refractivity contribution in [2.75, 3.05) is 6.61 Å². The molecule has 0 bridgehead atoms. The number of rotatable bonds is 9. The molecule has 2 aromatic carbocycles. The second-order valence-corrected chi connectivity index (χ2v) is 9.36. The van der Waals surface area contributed by atoms with Gasteiger partial charge in [0, 0.05) is 0 Å². The summed E-state index contributed by atoms with van der Waals surface area (Å²) >= 11 is -1.43. The molecule has 1 amide bonds. The Morgan fingerprint density at radius 3 is 2.17 bits per heavy atom. The predicted octanol–water partition coefficient (Wildman–Crippen LogP) is 4.03. The van der Waals surface area contributed by atoms with E-state index in [0.29, 0.717) is 6.61 Å². The lowest BCUT2D eigenvalue weighted by Gasteiger charge is -2.19. The van der Waals surface area contributed by atoms with Crippen LogP contribution in [0.3, 0.4) is 0 Å². The maximum Gasteiger partial charge on any atom is 0.408 e. The maximum absolute atomic E-state index is 12.2. The highest BCUT2D eigenvalue weighted by Gasteiger charge is 2.26. The van der Waals surface area contributed by atoms with Gasteiger partial charge in [0.25, 0.3) is 0 Å². The molecule has 7 heteroatoms. The Bertz CT molecular complexity index is 763. The van der Waals surface area contributed by atoms with Crippen LogP contribution < -0.4 is 5.32 Å². The van der Waals surface area contributed by atoms with Gasteiger partial charge in [0.2, 0.25) is 0 Å². The summed E-state index contributed by atoms with van der Waals surface area (Å²) < 4.78 is 26.7. The number of carbonyl (C=O) groups is 1. The van der Waals surface area contributed by atoms with Crippen LogP contribution in [0, 0.1) is 0 Å². The number of nitrogens with one attached hydrogen (secondary N) is 1. The van der Waals surface area contributed by atoms with Crippen LogP contribution in [0.25, 0.3) is 0 Å². The summed E-state index contributed by atoms with van der Waals surface area (Å²) in [6.07, 6.45) is 0.867. The van der Waals surface area contributed by atoms with Gasteiger partial charge < -0.3 is 19.3 Å². The van der Waals surface area contributed by atoms with Gasteiger partial charge in [-0.3, -0.25) is 0 Å². The van der Waals surface area contributed by atoms with Crippen LogP contribution in [0.4, 0.5) is 4.79 Å². The topological polar surface area (TPSA) is 83.0 Å². The number of amides is 1. The molecule has 0 fully saturated rings. The average Bonchev–Trinajstić information content (AvgIpc) is 2.71. The molecule has 0 radical (unpaired) electrons. The van der Waals surface area contributed by atoms with Crippen LogP contribution in [0.2, 0.25) is 0 Å². The third-order valence-corrected chi connectivity index (χ3v) is 5.15. The van der Waals surface area contributed by atoms with Gasteiger partial charge in [-0.2, -0.15) is 0 Å². The summed E-state index contributed by atoms with van der Waals surface area (Å²) in [5, 5.41) is 2.71. The molecular formula is C22H28N2O4S. The molecule has 0 aliphatic carbocycles. The van der Waals surface area contributed by atoms with E-state index in [1.807, 2.05) is 81.4 Å². The number of ether oxygens (including phenoxy) is 2. The average molecular weight is 417 g/mol. The minimum atomic E-state index is -1.43. The van der Waals surface area contributed by atoms with Gasteiger partial charge >= 0.3 is 6.09 Å². The summed E-state index contributed by atoms with van der Waals surface area (Å²) in [5.41, 5.74) is 1.91. The fourth-order valence-corrected chi connectivity index (χ4v) is 2.78. The molecule has 0 aromatic heterocycles. The predicted molar refractivity (Wildman–Crippen MR) is 116 cm³/mol. The quantitative estimate of drug-likeness (QED) is 0.494. The van der Waals surface area contributed by atoms with E-state index in [1.54, 1.807) is 0 Å². The molecule has 0 spiro atoms. The standard InChI is InChI=1S/C22H28N2O4S/c1-22(2,3)29(26)23-14-20(17-27-15-18-10-6-4-7-11-18)24-21(25)28-16-19-12-8-5-9-13-19/h4-14,20H,15-17H2,1-3H3,(H,24,25)/t20-,29?/m0/s1. The molecule has 1 N–H and O–H groups in total. The molecule has 0 aliphatic heterocycles. The number of carbonyl (C=O) groups excluding carboxylic acids is 1. The Labute approximate surface area is 175 Å². The number of hydrogen-bond acceptors (Lipinski definition) is 5. The van der Waals surface area contributed by atoms with E-state index < -0.39 is 28.2 Å². The molecule has 156 valence electrons. The minimum absolute atomic E-state index is 0.162. The monoisotopic (exact) mass is 416 g/mol. The van der Waals surface area contributed by atoms with Crippen LogP contribution in [-0.2, 0) is 34.0 Å². The second-order valence-electron chi connectivity index (χ2n) is 7.43. The fraction of sp³-hybridized carbons (Fsp3) is 0.364. The Kier molecular flexibility index (Phi) is 9.18. The Hall–Kier alpha value is -2.35. The van der Waals surface area contributed by atoms with Gasteiger partial charge in [0.05, 0.1) is 25.5 Å². The van der Waals surface area contributed by atoms with E-state index in [-0.39, 0.29) is 13.2 Å². The summed E-state index contributed by atoms with van der Waals surface area (Å²) in [4.78, 5) is 12.2. The lowest BCUT2D eigenvalue weighted by atomic mass is 10.2. The molecule has 29 heavy (non-hydrogen) atoms. The minimum Gasteiger partial charge on any atom is -0.591 e. The van der Waals surface area contributed by atoms with Crippen molar-refractivity contribution in [2.24, 2.45) is 4.40 Å². The Balaban J connectivity index is 1.91. The first kappa shape index (κ1) is 22.9. The first-order valence-electron chi connectivity index (χ1n) is 9.39. The van der Waals surface area contributed by atoms with Crippen LogP contribution in [0.1, 0.15) is 31.9 Å². The van der Waals surface area contributed by atoms with E-state index in [2.05, 4.69) is 9.71 Å². The molecule has 0 saturated carbocycles. The molecule has 2 aromatic rings. The largest absolute Gasteiger partial charge is 0.591 e. The first-order chi connectivity index (χ1) is 13.8. The summed E-state index contributed by atoms with van der Waals surface area (Å²) in [6.45, 7) is 6.25. The maximum atomic E-state index is 12.2. The lowest BCUT2D eigenvalue weighted by molar-refractivity contribution is 0.102. The Morgan fingerprint density at radius 2 is 1.62 bits per heavy atom. The van der Waals surface area contributed by atoms with Crippen molar-refractivity contribution < 1.29 is 18.8 Å². The van der Waals surface area contributed by atoms with Crippen LogP contribution in [0.5, 0.6) is 0 Å². The van der Waals surface area contributed by atoms with E-state index >= 15 is 0 Å². The molecule has 0 heterocycles. The Morgan fingerprint density at radius 1 is 1.07 bits per heavy atom. The van der Waals surface area contributed by atoms with Crippen LogP contribution in [0.15, 0.2) is 65.1 Å². The normalized spacial score (nSPS) is 13.8. The van der Waals surface area contributed by atoms with E-state index in [0.717, 1.165) is 11.1 Å². The number of benzene rings is 2. The second kappa shape index (κ2) is 11.6. The zero-order valence-corrected chi connectivity index (χ0v) is 17.9. The zero-order chi connectivity index (χ0) is 21.1. The van der Waals surface area contributed by atoms with E-state index in [9.17, 15) is 9.35 Å². The van der Waals surface area contributed by atoms with Crippen LogP contribution in [-0.4, -0.2) is 34.3 Å². The van der Waals surface area contributed by atoms with Crippen molar-refractivity contribution in [3.05, 3.63) is 71.8 Å². The van der Waals surface area contributed by atoms with Crippen molar-refractivity contribution >= 4 is 23.7 Å². The molecule has 6 nitrogen and oxygen atoms in total. The molecule has 1 unspecified atom stereocenters. The fourth-order valence-electron chi connectivity index (χ4n) is 2.20. The highest BCUT2D eigenvalue weighted by Crippen LogP contribution is 2.16. The van der Waals surface area contributed by atoms with Crippen molar-refractivity contribution in [3.8, 4) is 0 Å².